The molecular weight excluding hydrogens is 277 g/mol. The lowest BCUT2D eigenvalue weighted by atomic mass is 10.1. The molecule has 1 rings (SSSR count). The zero-order chi connectivity index (χ0) is 15.2. The second-order valence-corrected chi connectivity index (χ2v) is 4.00. The van der Waals surface area contributed by atoms with Gasteiger partial charge in [0.1, 0.15) is 0 Å². The molecule has 0 aromatic heterocycles. The number of carboxylic acids is 1. The lowest BCUT2D eigenvalue weighted by molar-refractivity contribution is -0.128. The molecule has 0 radical (unpaired) electrons. The van der Waals surface area contributed by atoms with Crippen LogP contribution in [0.15, 0.2) is 24.3 Å². The van der Waals surface area contributed by atoms with Crippen molar-refractivity contribution >= 4 is 11.9 Å². The Morgan fingerprint density at radius 2 is 1.75 bits per heavy atom. The summed E-state index contributed by atoms with van der Waals surface area (Å²) in [7, 11) is 0. The molecule has 8 heteroatoms. The maximum Gasteiger partial charge on any atom is 0.401 e. The first-order valence-corrected chi connectivity index (χ1v) is 5.64. The number of nitrogens with one attached hydrogen (secondary N) is 2. The number of rotatable bonds is 6. The van der Waals surface area contributed by atoms with E-state index in [4.69, 9.17) is 5.11 Å². The Morgan fingerprint density at radius 3 is 2.25 bits per heavy atom. The zero-order valence-corrected chi connectivity index (χ0v) is 10.3. The highest BCUT2D eigenvalue weighted by Gasteiger charge is 2.26. The summed E-state index contributed by atoms with van der Waals surface area (Å²) in [5.41, 5.74) is 0.770. The molecule has 1 amide bonds. The molecular formula is C12H13F3N2O3. The molecule has 110 valence electrons. The Kier molecular flexibility index (Phi) is 5.51. The highest BCUT2D eigenvalue weighted by atomic mass is 19.4. The number of benzene rings is 1. The van der Waals surface area contributed by atoms with Crippen molar-refractivity contribution in [1.82, 2.24) is 10.6 Å². The van der Waals surface area contributed by atoms with Crippen molar-refractivity contribution in [2.75, 3.05) is 13.1 Å². The molecule has 1 aromatic rings. The van der Waals surface area contributed by atoms with Crippen molar-refractivity contribution in [3.8, 4) is 0 Å². The van der Waals surface area contributed by atoms with Crippen LogP contribution in [0.5, 0.6) is 0 Å². The van der Waals surface area contributed by atoms with Gasteiger partial charge in [-0.1, -0.05) is 12.1 Å². The number of carbonyl (C=O) groups is 2. The second-order valence-electron chi connectivity index (χ2n) is 4.00. The molecule has 0 saturated carbocycles. The van der Waals surface area contributed by atoms with Gasteiger partial charge in [-0.15, -0.1) is 0 Å². The predicted molar refractivity (Wildman–Crippen MR) is 64.2 cm³/mol. The molecule has 20 heavy (non-hydrogen) atoms. The molecule has 0 spiro atoms. The molecule has 0 heterocycles. The van der Waals surface area contributed by atoms with Crippen LogP contribution < -0.4 is 10.6 Å². The highest BCUT2D eigenvalue weighted by molar-refractivity contribution is 5.87. The van der Waals surface area contributed by atoms with E-state index in [-0.39, 0.29) is 12.1 Å². The quantitative estimate of drug-likeness (QED) is 0.734. The van der Waals surface area contributed by atoms with E-state index >= 15 is 0 Å². The van der Waals surface area contributed by atoms with Crippen molar-refractivity contribution in [1.29, 1.82) is 0 Å². The molecule has 0 atom stereocenters. The van der Waals surface area contributed by atoms with Crippen LogP contribution in [0, 0.1) is 0 Å². The lowest BCUT2D eigenvalue weighted by Crippen LogP contribution is -2.38. The predicted octanol–water partition coefficient (Wildman–Crippen LogP) is 1.15. The average molecular weight is 290 g/mol. The number of halogens is 3. The van der Waals surface area contributed by atoms with Crippen molar-refractivity contribution in [3.05, 3.63) is 35.4 Å². The summed E-state index contributed by atoms with van der Waals surface area (Å²) >= 11 is 0. The minimum absolute atomic E-state index is 0.117. The van der Waals surface area contributed by atoms with Gasteiger partial charge in [0.2, 0.25) is 5.91 Å². The fourth-order valence-electron chi connectivity index (χ4n) is 1.35. The van der Waals surface area contributed by atoms with Crippen LogP contribution in [0.1, 0.15) is 15.9 Å². The molecule has 1 aromatic carbocycles. The van der Waals surface area contributed by atoms with Gasteiger partial charge in [0, 0.05) is 6.54 Å². The van der Waals surface area contributed by atoms with Crippen LogP contribution in [-0.2, 0) is 11.3 Å². The van der Waals surface area contributed by atoms with E-state index in [1.807, 2.05) is 5.32 Å². The van der Waals surface area contributed by atoms with Crippen LogP contribution in [0.2, 0.25) is 0 Å². The number of aromatic carboxylic acids is 1. The molecule has 0 bridgehead atoms. The van der Waals surface area contributed by atoms with Gasteiger partial charge in [0.15, 0.2) is 0 Å². The van der Waals surface area contributed by atoms with Gasteiger partial charge in [0.25, 0.3) is 0 Å². The van der Waals surface area contributed by atoms with E-state index in [1.54, 1.807) is 0 Å². The monoisotopic (exact) mass is 290 g/mol. The molecule has 0 aliphatic carbocycles. The average Bonchev–Trinajstić information content (AvgIpc) is 2.35. The minimum atomic E-state index is -4.35. The first-order chi connectivity index (χ1) is 9.28. The van der Waals surface area contributed by atoms with Crippen LogP contribution in [-0.4, -0.2) is 36.2 Å². The third-order valence-electron chi connectivity index (χ3n) is 2.30. The van der Waals surface area contributed by atoms with Crippen LogP contribution in [0.4, 0.5) is 13.2 Å². The number of carbonyl (C=O) groups excluding carboxylic acids is 1. The van der Waals surface area contributed by atoms with Crippen LogP contribution in [0.25, 0.3) is 0 Å². The molecule has 0 saturated heterocycles. The molecule has 0 unspecified atom stereocenters. The van der Waals surface area contributed by atoms with E-state index in [0.29, 0.717) is 5.56 Å². The van der Waals surface area contributed by atoms with Gasteiger partial charge >= 0.3 is 12.1 Å². The van der Waals surface area contributed by atoms with E-state index in [1.165, 1.54) is 24.3 Å². The molecule has 0 fully saturated rings. The van der Waals surface area contributed by atoms with Crippen molar-refractivity contribution in [2.45, 2.75) is 12.7 Å². The Labute approximate surface area is 112 Å². The summed E-state index contributed by atoms with van der Waals surface area (Å²) in [6.45, 7) is -1.55. The van der Waals surface area contributed by atoms with Gasteiger partial charge in [-0.25, -0.2) is 4.79 Å². The topological polar surface area (TPSA) is 78.4 Å². The first-order valence-electron chi connectivity index (χ1n) is 5.64. The van der Waals surface area contributed by atoms with Gasteiger partial charge < -0.3 is 15.7 Å². The minimum Gasteiger partial charge on any atom is -0.478 e. The standard InChI is InChI=1S/C12H13F3N2O3/c13-12(14,15)7-16-6-10(18)17-5-8-1-3-9(4-2-8)11(19)20/h1-4,16H,5-7H2,(H,17,18)(H,19,20). The molecule has 3 N–H and O–H groups in total. The van der Waals surface area contributed by atoms with E-state index in [9.17, 15) is 22.8 Å². The summed E-state index contributed by atoms with van der Waals surface area (Å²) in [6.07, 6.45) is -4.35. The van der Waals surface area contributed by atoms with Gasteiger partial charge in [0.05, 0.1) is 18.7 Å². The maximum atomic E-state index is 11.8. The van der Waals surface area contributed by atoms with Crippen LogP contribution >= 0.6 is 0 Å². The first kappa shape index (κ1) is 16.0. The number of hydrogen-bond acceptors (Lipinski definition) is 3. The Bertz CT molecular complexity index is 472. The number of amides is 1. The SMILES string of the molecule is O=C(CNCC(F)(F)F)NCc1ccc(C(=O)O)cc1. The van der Waals surface area contributed by atoms with Crippen molar-refractivity contribution in [2.24, 2.45) is 0 Å². The van der Waals surface area contributed by atoms with E-state index < -0.39 is 31.1 Å². The number of carboxylic acid groups (broad SMARTS) is 1. The summed E-state index contributed by atoms with van der Waals surface area (Å²) in [5.74, 6) is -1.63. The van der Waals surface area contributed by atoms with Gasteiger partial charge in [-0.05, 0) is 17.7 Å². The second kappa shape index (κ2) is 6.90. The fraction of sp³-hybridized carbons (Fsp3) is 0.333. The molecule has 0 aliphatic heterocycles. The largest absolute Gasteiger partial charge is 0.478 e. The normalized spacial score (nSPS) is 11.2. The van der Waals surface area contributed by atoms with Gasteiger partial charge in [-0.2, -0.15) is 13.2 Å². The highest BCUT2D eigenvalue weighted by Crippen LogP contribution is 2.11. The number of hydrogen-bond donors (Lipinski definition) is 3. The van der Waals surface area contributed by atoms with Crippen LogP contribution in [0.3, 0.4) is 0 Å². The maximum absolute atomic E-state index is 11.8. The molecule has 5 nitrogen and oxygen atoms in total. The van der Waals surface area contributed by atoms with Gasteiger partial charge in [-0.3, -0.25) is 4.79 Å². The third-order valence-corrected chi connectivity index (χ3v) is 2.30. The Balaban J connectivity index is 2.32. The number of alkyl halides is 3. The third kappa shape index (κ3) is 6.19. The smallest absolute Gasteiger partial charge is 0.401 e. The molecule has 0 aliphatic rings. The van der Waals surface area contributed by atoms with Crippen molar-refractivity contribution in [3.63, 3.8) is 0 Å². The summed E-state index contributed by atoms with van der Waals surface area (Å²) in [4.78, 5) is 21.9. The Hall–Kier alpha value is -2.09. The fourth-order valence-corrected chi connectivity index (χ4v) is 1.35. The summed E-state index contributed by atoms with van der Waals surface area (Å²) in [6, 6.07) is 5.80. The van der Waals surface area contributed by atoms with E-state index in [2.05, 4.69) is 5.32 Å². The summed E-state index contributed by atoms with van der Waals surface area (Å²) < 4.78 is 35.5. The van der Waals surface area contributed by atoms with E-state index in [0.717, 1.165) is 0 Å². The van der Waals surface area contributed by atoms with Crippen molar-refractivity contribution < 1.29 is 27.9 Å². The zero-order valence-electron chi connectivity index (χ0n) is 10.3. The lowest BCUT2D eigenvalue weighted by Gasteiger charge is -2.09. The summed E-state index contributed by atoms with van der Waals surface area (Å²) in [5, 5.41) is 13.1. The Morgan fingerprint density at radius 1 is 1.15 bits per heavy atom.